The second-order valence-corrected chi connectivity index (χ2v) is 13.7. The van der Waals surface area contributed by atoms with Crippen molar-refractivity contribution >= 4 is 5.97 Å². The number of rotatable bonds is 19. The second-order valence-electron chi connectivity index (χ2n) is 13.7. The monoisotopic (exact) mass is 780 g/mol. The van der Waals surface area contributed by atoms with Gasteiger partial charge in [-0.25, -0.2) is 0 Å². The van der Waals surface area contributed by atoms with Crippen molar-refractivity contribution in [3.8, 4) is 28.7 Å². The Kier molecular flexibility index (Phi) is 13.9. The van der Waals surface area contributed by atoms with Crippen molar-refractivity contribution in [2.75, 3.05) is 19.8 Å². The Balaban J connectivity index is 1.29. The molecule has 0 unspecified atom stereocenters. The molecule has 0 amide bonds. The second kappa shape index (κ2) is 20.2. The van der Waals surface area contributed by atoms with E-state index in [9.17, 15) is 4.79 Å². The smallest absolute Gasteiger partial charge is 0.303 e. The van der Waals surface area contributed by atoms with Crippen LogP contribution in [0.25, 0.3) is 0 Å². The summed E-state index contributed by atoms with van der Waals surface area (Å²) in [6, 6.07) is 49.0. The van der Waals surface area contributed by atoms with Gasteiger partial charge in [0.1, 0.15) is 49.8 Å². The van der Waals surface area contributed by atoms with Crippen molar-refractivity contribution in [1.82, 2.24) is 0 Å². The molecule has 6 aromatic carbocycles. The molecule has 0 saturated carbocycles. The van der Waals surface area contributed by atoms with Gasteiger partial charge >= 0.3 is 5.97 Å². The molecule has 1 aliphatic heterocycles. The van der Waals surface area contributed by atoms with Gasteiger partial charge in [-0.1, -0.05) is 127 Å². The van der Waals surface area contributed by atoms with Crippen molar-refractivity contribution in [3.05, 3.63) is 185 Å². The standard InChI is InChI=1S/C49H48O9/c1-3-51-26-27-52-48-46-44(56-34-39-22-14-7-15-23-39)29-41(53-31-36-16-8-4-9-17-36)30-45(46)58-47(49(48)57-35(2)50)40-24-25-42(54-32-37-18-10-5-11-19-37)43(28-40)55-33-38-20-12-6-13-21-38/h4-25,28-30,47-49H,3,26-27,31-34H2,1-2H3/t47-,48+,49+/m1/s1. The molecule has 0 radical (unpaired) electrons. The van der Waals surface area contributed by atoms with Crippen molar-refractivity contribution in [1.29, 1.82) is 0 Å². The summed E-state index contributed by atoms with van der Waals surface area (Å²) in [5.74, 6) is 2.08. The fourth-order valence-electron chi connectivity index (χ4n) is 6.69. The first-order valence-corrected chi connectivity index (χ1v) is 19.6. The predicted molar refractivity (Wildman–Crippen MR) is 220 cm³/mol. The van der Waals surface area contributed by atoms with E-state index in [-0.39, 0.29) is 13.2 Å². The van der Waals surface area contributed by atoms with E-state index >= 15 is 0 Å². The highest BCUT2D eigenvalue weighted by Crippen LogP contribution is 2.51. The fourth-order valence-corrected chi connectivity index (χ4v) is 6.69. The van der Waals surface area contributed by atoms with Crippen molar-refractivity contribution < 1.29 is 42.7 Å². The topological polar surface area (TPSA) is 90.9 Å². The SMILES string of the molecule is CCOCCO[C@H]1c2c(OCc3ccccc3)cc(OCc3ccccc3)cc2O[C@H](c2ccc(OCc3ccccc3)c(OCc3ccccc3)c2)[C@@H]1OC(C)=O. The molecule has 0 bridgehead atoms. The molecule has 298 valence electrons. The first-order valence-electron chi connectivity index (χ1n) is 19.6. The maximum atomic E-state index is 12.9. The van der Waals surface area contributed by atoms with E-state index in [1.807, 2.05) is 159 Å². The van der Waals surface area contributed by atoms with E-state index in [0.29, 0.717) is 72.9 Å². The number of esters is 1. The highest BCUT2D eigenvalue weighted by atomic mass is 16.6. The van der Waals surface area contributed by atoms with Gasteiger partial charge in [-0.05, 0) is 41.3 Å². The average molecular weight is 781 g/mol. The van der Waals surface area contributed by atoms with Gasteiger partial charge in [0.15, 0.2) is 23.7 Å². The molecule has 3 atom stereocenters. The number of carbonyl (C=O) groups is 1. The van der Waals surface area contributed by atoms with Crippen molar-refractivity contribution in [2.45, 2.75) is 58.6 Å². The first-order chi connectivity index (χ1) is 28.5. The Bertz CT molecular complexity index is 2180. The molecule has 0 saturated heterocycles. The van der Waals surface area contributed by atoms with Gasteiger partial charge in [0.05, 0.1) is 18.8 Å². The van der Waals surface area contributed by atoms with E-state index in [1.54, 1.807) is 0 Å². The highest BCUT2D eigenvalue weighted by molar-refractivity contribution is 5.67. The Morgan fingerprint density at radius 1 is 0.569 bits per heavy atom. The predicted octanol–water partition coefficient (Wildman–Crippen LogP) is 10.2. The third-order valence-electron chi connectivity index (χ3n) is 9.50. The van der Waals surface area contributed by atoms with Gasteiger partial charge in [-0.15, -0.1) is 0 Å². The third kappa shape index (κ3) is 10.8. The molecule has 0 N–H and O–H groups in total. The van der Waals surface area contributed by atoms with E-state index in [4.69, 9.17) is 37.9 Å². The summed E-state index contributed by atoms with van der Waals surface area (Å²) in [5.41, 5.74) is 5.29. The minimum atomic E-state index is -0.931. The third-order valence-corrected chi connectivity index (χ3v) is 9.50. The van der Waals surface area contributed by atoms with Crippen LogP contribution in [0.5, 0.6) is 28.7 Å². The molecule has 0 spiro atoms. The van der Waals surface area contributed by atoms with Gasteiger partial charge in [0.25, 0.3) is 0 Å². The summed E-state index contributed by atoms with van der Waals surface area (Å²) in [6.07, 6.45) is -2.57. The van der Waals surface area contributed by atoms with Crippen LogP contribution < -0.4 is 23.7 Å². The molecular weight excluding hydrogens is 733 g/mol. The molecule has 58 heavy (non-hydrogen) atoms. The van der Waals surface area contributed by atoms with E-state index < -0.39 is 24.3 Å². The Hall–Kier alpha value is -6.29. The largest absolute Gasteiger partial charge is 0.489 e. The molecule has 0 fully saturated rings. The van der Waals surface area contributed by atoms with Crippen LogP contribution in [0.4, 0.5) is 0 Å². The zero-order valence-electron chi connectivity index (χ0n) is 32.8. The lowest BCUT2D eigenvalue weighted by molar-refractivity contribution is -0.171. The summed E-state index contributed by atoms with van der Waals surface area (Å²) in [5, 5.41) is 0. The summed E-state index contributed by atoms with van der Waals surface area (Å²) < 4.78 is 51.1. The lowest BCUT2D eigenvalue weighted by Gasteiger charge is -2.39. The van der Waals surface area contributed by atoms with Crippen LogP contribution in [-0.4, -0.2) is 31.9 Å². The molecule has 7 rings (SSSR count). The first kappa shape index (κ1) is 39.9. The van der Waals surface area contributed by atoms with Crippen LogP contribution in [-0.2, 0) is 45.4 Å². The number of benzene rings is 6. The molecule has 0 aliphatic carbocycles. The molecule has 1 heterocycles. The molecule has 9 heteroatoms. The Morgan fingerprint density at radius 2 is 1.09 bits per heavy atom. The van der Waals surface area contributed by atoms with E-state index in [0.717, 1.165) is 22.3 Å². The van der Waals surface area contributed by atoms with Gasteiger partial charge < -0.3 is 37.9 Å². The normalized spacial score (nSPS) is 15.7. The highest BCUT2D eigenvalue weighted by Gasteiger charge is 2.45. The van der Waals surface area contributed by atoms with E-state index in [2.05, 4.69) is 0 Å². The summed E-state index contributed by atoms with van der Waals surface area (Å²) in [6.45, 7) is 5.66. The minimum absolute atomic E-state index is 0.227. The lowest BCUT2D eigenvalue weighted by atomic mass is 9.90. The van der Waals surface area contributed by atoms with Crippen LogP contribution in [0.1, 0.15) is 59.4 Å². The zero-order valence-corrected chi connectivity index (χ0v) is 32.8. The lowest BCUT2D eigenvalue weighted by Crippen LogP contribution is -2.39. The van der Waals surface area contributed by atoms with Crippen LogP contribution in [0.2, 0.25) is 0 Å². The Morgan fingerprint density at radius 3 is 1.62 bits per heavy atom. The van der Waals surface area contributed by atoms with Crippen molar-refractivity contribution in [3.63, 3.8) is 0 Å². The summed E-state index contributed by atoms with van der Waals surface area (Å²) >= 11 is 0. The number of hydrogen-bond acceptors (Lipinski definition) is 9. The van der Waals surface area contributed by atoms with Gasteiger partial charge in [0, 0.05) is 31.2 Å². The molecule has 6 aromatic rings. The maximum absolute atomic E-state index is 12.9. The summed E-state index contributed by atoms with van der Waals surface area (Å²) in [4.78, 5) is 12.9. The number of fused-ring (bicyclic) bond motifs is 1. The molecular formula is C49H48O9. The van der Waals surface area contributed by atoms with Gasteiger partial charge in [-0.3, -0.25) is 4.79 Å². The van der Waals surface area contributed by atoms with Crippen LogP contribution in [0.15, 0.2) is 152 Å². The molecule has 9 nitrogen and oxygen atoms in total. The van der Waals surface area contributed by atoms with Gasteiger partial charge in [-0.2, -0.15) is 0 Å². The summed E-state index contributed by atoms with van der Waals surface area (Å²) in [7, 11) is 0. The fraction of sp³-hybridized carbons (Fsp3) is 0.245. The van der Waals surface area contributed by atoms with Gasteiger partial charge in [0.2, 0.25) is 0 Å². The molecule has 1 aliphatic rings. The van der Waals surface area contributed by atoms with Crippen LogP contribution in [0, 0.1) is 0 Å². The Labute approximate surface area is 340 Å². The van der Waals surface area contributed by atoms with Crippen LogP contribution in [0.3, 0.4) is 0 Å². The van der Waals surface area contributed by atoms with E-state index in [1.165, 1.54) is 6.92 Å². The number of carbonyl (C=O) groups excluding carboxylic acids is 1. The number of ether oxygens (including phenoxy) is 8. The minimum Gasteiger partial charge on any atom is -0.489 e. The van der Waals surface area contributed by atoms with Crippen LogP contribution >= 0.6 is 0 Å². The number of hydrogen-bond donors (Lipinski definition) is 0. The van der Waals surface area contributed by atoms with Crippen molar-refractivity contribution in [2.24, 2.45) is 0 Å². The molecule has 0 aromatic heterocycles. The average Bonchev–Trinajstić information content (AvgIpc) is 3.26. The zero-order chi connectivity index (χ0) is 39.9. The quantitative estimate of drug-likeness (QED) is 0.0589. The maximum Gasteiger partial charge on any atom is 0.303 e.